The number of benzene rings is 2. The quantitative estimate of drug-likeness (QED) is 0.0678. The third-order valence-corrected chi connectivity index (χ3v) is 6.50. The molecule has 0 aliphatic heterocycles. The molecular formula is C48H32Cr2FeN6O12+2. The number of aromatic nitrogens is 6. The van der Waals surface area contributed by atoms with Gasteiger partial charge in [0.1, 0.15) is 11.4 Å². The van der Waals surface area contributed by atoms with Crippen LogP contribution in [0, 0.1) is 167 Å². The van der Waals surface area contributed by atoms with Gasteiger partial charge in [0.15, 0.2) is 0 Å². The van der Waals surface area contributed by atoms with E-state index in [1.807, 2.05) is 110 Å². The number of nitrogens with zero attached hydrogens (tertiary/aromatic N) is 6. The molecule has 0 atom stereocenters. The monoisotopic (exact) mass is 1040 g/mol. The standard InChI is InChI=1S/2C19H16N3O.10CO.2Cr.Fe/c2*1-2-23-12-6-10-16-9-5-11-18(13-16)19-15-22(21-20-19)14-17-7-3-4-8-17;10*1-2;;;/h2*3-5,7-9,11,13,15H,2,14H2,1H3;;;;;;;;;;;;;/q;;;;;;;;;;;;;;+2. The van der Waals surface area contributed by atoms with Crippen LogP contribution >= 0.6 is 0 Å². The Hall–Kier alpha value is -5.26. The normalized spacial score (nSPS) is 10.1. The molecule has 0 amide bonds. The fourth-order valence-corrected chi connectivity index (χ4v) is 4.35. The Balaban J connectivity index is -0.000000106. The Morgan fingerprint density at radius 2 is 0.768 bits per heavy atom. The van der Waals surface area contributed by atoms with Gasteiger partial charge in [0.25, 0.3) is 0 Å². The van der Waals surface area contributed by atoms with E-state index >= 15 is 0 Å². The van der Waals surface area contributed by atoms with E-state index in [4.69, 9.17) is 56.0 Å². The van der Waals surface area contributed by atoms with Crippen molar-refractivity contribution < 1.29 is 108 Å². The number of ether oxygens (including phenoxy) is 2. The molecule has 4 aromatic rings. The van der Waals surface area contributed by atoms with Crippen molar-refractivity contribution in [2.45, 2.75) is 26.9 Å². The molecule has 0 unspecified atom stereocenters. The van der Waals surface area contributed by atoms with Crippen LogP contribution in [-0.2, 0) is 121 Å². The summed E-state index contributed by atoms with van der Waals surface area (Å²) in [6.45, 7) is 56.5. The largest absolute Gasteiger partial charge is 2.00 e. The Labute approximate surface area is 436 Å². The number of rotatable bonds is 10. The molecule has 0 bridgehead atoms. The zero-order valence-corrected chi connectivity index (χ0v) is 39.6. The molecule has 2 aromatic heterocycles. The first kappa shape index (κ1) is 83.7. The van der Waals surface area contributed by atoms with Gasteiger partial charge in [-0.2, -0.15) is 0 Å². The summed E-state index contributed by atoms with van der Waals surface area (Å²) >= 11 is 0. The second-order valence-electron chi connectivity index (χ2n) is 9.92. The maximum atomic E-state index is 7.50. The third-order valence-electron chi connectivity index (χ3n) is 6.50. The van der Waals surface area contributed by atoms with E-state index in [-0.39, 0.29) is 51.8 Å². The maximum absolute atomic E-state index is 7.50. The van der Waals surface area contributed by atoms with Crippen LogP contribution in [0.4, 0.5) is 0 Å². The van der Waals surface area contributed by atoms with E-state index in [0.717, 1.165) is 46.7 Å². The molecule has 2 fully saturated rings. The number of hydrogen-bond donors (Lipinski definition) is 0. The molecule has 18 nitrogen and oxygen atoms in total. The minimum atomic E-state index is 0. The average Bonchev–Trinajstić information content (AvgIpc) is 4.30. The van der Waals surface area contributed by atoms with Crippen molar-refractivity contribution in [3.63, 3.8) is 0 Å². The Morgan fingerprint density at radius 3 is 1.04 bits per heavy atom. The molecule has 14 radical (unpaired) electrons. The fourth-order valence-electron chi connectivity index (χ4n) is 4.35. The van der Waals surface area contributed by atoms with Gasteiger partial charge in [-0.05, 0) is 89.5 Å². The molecule has 2 heterocycles. The molecular weight excluding hydrogens is 1010 g/mol. The maximum Gasteiger partial charge on any atom is 2.00 e. The summed E-state index contributed by atoms with van der Waals surface area (Å²) in [4.78, 5) is 0. The first-order chi connectivity index (χ1) is 32.7. The molecule has 2 aliphatic carbocycles. The van der Waals surface area contributed by atoms with Crippen LogP contribution in [-0.4, -0.2) is 43.2 Å². The molecule has 2 aliphatic rings. The van der Waals surface area contributed by atoms with Gasteiger partial charge in [0, 0.05) is 95.1 Å². The van der Waals surface area contributed by atoms with E-state index < -0.39 is 0 Å². The van der Waals surface area contributed by atoms with Gasteiger partial charge >= 0.3 is 130 Å². The summed E-state index contributed by atoms with van der Waals surface area (Å²) in [5.74, 6) is 13.9. The molecule has 6 rings (SSSR count). The summed E-state index contributed by atoms with van der Waals surface area (Å²) in [6, 6.07) is 15.8. The summed E-state index contributed by atoms with van der Waals surface area (Å²) in [5, 5.41) is 16.8. The summed E-state index contributed by atoms with van der Waals surface area (Å²) < 4.78 is 88.6. The van der Waals surface area contributed by atoms with E-state index in [9.17, 15) is 0 Å². The van der Waals surface area contributed by atoms with Crippen molar-refractivity contribution in [1.29, 1.82) is 0 Å². The van der Waals surface area contributed by atoms with Gasteiger partial charge in [-0.3, -0.25) is 9.36 Å². The van der Waals surface area contributed by atoms with E-state index in [2.05, 4.69) is 150 Å². The molecule has 21 heteroatoms. The predicted molar refractivity (Wildman–Crippen MR) is 215 cm³/mol. The molecule has 0 N–H and O–H groups in total. The smallest absolute Gasteiger partial charge is 0 e. The zero-order chi connectivity index (χ0) is 51.8. The van der Waals surface area contributed by atoms with Crippen LogP contribution < -0.4 is 0 Å². The SMILES string of the molecule is CCO[C]C#Cc1cccc(-c2cn(C[C]3[CH][CH][CH][CH]3)nn2)c1.CCO[C]C#Cc1cccc(-c2cn(C[C]3[CH][CH][CH][CH]3)nn2)c1.[C-]#[O+].[C-]#[O+].[C-]#[O+].[C-]#[O+].[C-]#[O+].[C-]#[O+].[C-]#[O+].[C-]#[O+].[C-]#[O+].[C-]#[O+].[Cr].[Cr].[Fe+2]. The molecule has 0 spiro atoms. The second-order valence-corrected chi connectivity index (χ2v) is 9.92. The van der Waals surface area contributed by atoms with Crippen LogP contribution in [0.25, 0.3) is 22.5 Å². The van der Waals surface area contributed by atoms with Crippen LogP contribution in [0.2, 0.25) is 0 Å². The molecule has 2 saturated carbocycles. The predicted octanol–water partition coefficient (Wildman–Crippen LogP) is 5.17. The van der Waals surface area contributed by atoms with E-state index in [1.165, 1.54) is 11.8 Å². The Bertz CT molecular complexity index is 1920. The van der Waals surface area contributed by atoms with Crippen LogP contribution in [0.3, 0.4) is 0 Å². The summed E-state index contributed by atoms with van der Waals surface area (Å²) in [7, 11) is 0. The van der Waals surface area contributed by atoms with Crippen LogP contribution in [0.5, 0.6) is 0 Å². The minimum absolute atomic E-state index is 0. The van der Waals surface area contributed by atoms with Crippen molar-refractivity contribution in [3.8, 4) is 46.2 Å². The van der Waals surface area contributed by atoms with Gasteiger partial charge in [0.2, 0.25) is 13.2 Å². The zero-order valence-electron chi connectivity index (χ0n) is 36.0. The van der Waals surface area contributed by atoms with Crippen molar-refractivity contribution in [2.24, 2.45) is 0 Å². The minimum Gasteiger partial charge on any atom is 0 e. The van der Waals surface area contributed by atoms with Gasteiger partial charge in [0.05, 0.1) is 12.4 Å². The number of hydrogen-bond acceptors (Lipinski definition) is 6. The molecule has 69 heavy (non-hydrogen) atoms. The Morgan fingerprint density at radius 1 is 0.478 bits per heavy atom. The average molecular weight is 1040 g/mol. The van der Waals surface area contributed by atoms with Crippen LogP contribution in [0.1, 0.15) is 25.0 Å². The summed E-state index contributed by atoms with van der Waals surface area (Å²) in [5.41, 5.74) is 5.42. The van der Waals surface area contributed by atoms with Gasteiger partial charge < -0.3 is 9.47 Å². The van der Waals surface area contributed by atoms with Crippen molar-refractivity contribution in [2.75, 3.05) is 13.2 Å². The summed E-state index contributed by atoms with van der Waals surface area (Å²) in [6.07, 6.45) is 20.3. The van der Waals surface area contributed by atoms with Gasteiger partial charge in [-0.1, -0.05) is 58.4 Å². The third kappa shape index (κ3) is 41.4. The molecule has 2 aromatic carbocycles. The topological polar surface area (TPSA) is 279 Å². The van der Waals surface area contributed by atoms with Crippen molar-refractivity contribution >= 4 is 0 Å². The van der Waals surface area contributed by atoms with Gasteiger partial charge in [-0.15, -0.1) is 10.2 Å². The molecule has 344 valence electrons. The second kappa shape index (κ2) is 69.3. The van der Waals surface area contributed by atoms with Crippen LogP contribution in [0.15, 0.2) is 60.9 Å². The van der Waals surface area contributed by atoms with Crippen molar-refractivity contribution in [3.05, 3.63) is 215 Å². The van der Waals surface area contributed by atoms with E-state index in [1.54, 1.807) is 0 Å². The Kier molecular flexibility index (Phi) is 84.1. The first-order valence-electron chi connectivity index (χ1n) is 16.9. The van der Waals surface area contributed by atoms with Gasteiger partial charge in [-0.25, -0.2) is 0 Å². The molecule has 0 saturated heterocycles. The first-order valence-corrected chi connectivity index (χ1v) is 16.9. The van der Waals surface area contributed by atoms with E-state index in [0.29, 0.717) is 13.2 Å². The van der Waals surface area contributed by atoms with Crippen molar-refractivity contribution in [1.82, 2.24) is 30.0 Å². The fraction of sp³-hybridized carbons (Fsp3) is 0.125.